The zero-order valence-electron chi connectivity index (χ0n) is 13.6. The first-order chi connectivity index (χ1) is 10.2. The van der Waals surface area contributed by atoms with Crippen LogP contribution in [0.4, 0.5) is 13.2 Å². The smallest absolute Gasteiger partial charge is 0.461 e. The molecule has 0 amide bonds. The first-order valence-corrected chi connectivity index (χ1v) is 10.6. The third-order valence-electron chi connectivity index (χ3n) is 3.67. The molecule has 23 heavy (non-hydrogen) atoms. The molecular formula is C15H19F3O3SSi. The van der Waals surface area contributed by atoms with E-state index in [-0.39, 0.29) is 27.3 Å². The lowest BCUT2D eigenvalue weighted by atomic mass is 10.2. The molecule has 128 valence electrons. The maximum Gasteiger partial charge on any atom is 0.461 e. The minimum atomic E-state index is -4.91. The Balaban J connectivity index is 2.93. The number of carbonyl (C=O) groups excluding carboxylic acids is 2. The Morgan fingerprint density at radius 1 is 1.13 bits per heavy atom. The van der Waals surface area contributed by atoms with Crippen molar-refractivity contribution in [3.8, 4) is 0 Å². The molecule has 0 unspecified atom stereocenters. The SMILES string of the molecule is CC(C)(C)[Si](C)(C)OC(=O)c1cccc(SC(=O)C(F)(F)F)c1. The Labute approximate surface area is 138 Å². The van der Waals surface area contributed by atoms with Gasteiger partial charge in [-0.3, -0.25) is 4.79 Å². The van der Waals surface area contributed by atoms with E-state index >= 15 is 0 Å². The van der Waals surface area contributed by atoms with Crippen LogP contribution < -0.4 is 0 Å². The number of hydrogen-bond acceptors (Lipinski definition) is 4. The van der Waals surface area contributed by atoms with Gasteiger partial charge in [0.1, 0.15) is 0 Å². The lowest BCUT2D eigenvalue weighted by Crippen LogP contribution is -2.42. The minimum Gasteiger partial charge on any atom is -0.516 e. The number of benzene rings is 1. The molecule has 0 aliphatic rings. The maximum absolute atomic E-state index is 12.3. The lowest BCUT2D eigenvalue weighted by Gasteiger charge is -2.35. The molecule has 0 fully saturated rings. The molecule has 1 aromatic rings. The molecule has 1 rings (SSSR count). The van der Waals surface area contributed by atoms with Gasteiger partial charge in [0.05, 0.1) is 5.56 Å². The first-order valence-electron chi connectivity index (χ1n) is 6.86. The number of rotatable bonds is 3. The average Bonchev–Trinajstić information content (AvgIpc) is 2.36. The van der Waals surface area contributed by atoms with Gasteiger partial charge in [0, 0.05) is 4.90 Å². The van der Waals surface area contributed by atoms with Crippen molar-refractivity contribution >= 4 is 31.2 Å². The summed E-state index contributed by atoms with van der Waals surface area (Å²) >= 11 is 0.0453. The van der Waals surface area contributed by atoms with Crippen molar-refractivity contribution in [1.29, 1.82) is 0 Å². The van der Waals surface area contributed by atoms with Crippen molar-refractivity contribution in [2.45, 2.75) is 50.0 Å². The lowest BCUT2D eigenvalue weighted by molar-refractivity contribution is -0.160. The minimum absolute atomic E-state index is 0.0453. The van der Waals surface area contributed by atoms with Crippen LogP contribution in [0, 0.1) is 0 Å². The summed E-state index contributed by atoms with van der Waals surface area (Å²) in [5, 5.41) is -2.10. The standard InChI is InChI=1S/C15H19F3O3SSi/c1-14(2,3)23(4,5)21-12(19)10-7-6-8-11(9-10)22-13(20)15(16,17)18/h6-9H,1-5H3. The van der Waals surface area contributed by atoms with Gasteiger partial charge in [-0.15, -0.1) is 0 Å². The highest BCUT2D eigenvalue weighted by Crippen LogP contribution is 2.37. The van der Waals surface area contributed by atoms with Crippen LogP contribution in [0.3, 0.4) is 0 Å². The van der Waals surface area contributed by atoms with Crippen molar-refractivity contribution in [2.75, 3.05) is 0 Å². The largest absolute Gasteiger partial charge is 0.516 e. The summed E-state index contributed by atoms with van der Waals surface area (Å²) in [5.74, 6) is -0.585. The molecule has 0 aliphatic heterocycles. The summed E-state index contributed by atoms with van der Waals surface area (Å²) in [6.07, 6.45) is -4.91. The number of thioether (sulfide) groups is 1. The molecule has 0 spiro atoms. The predicted molar refractivity (Wildman–Crippen MR) is 86.0 cm³/mol. The summed E-state index contributed by atoms with van der Waals surface area (Å²) in [4.78, 5) is 23.3. The highest BCUT2D eigenvalue weighted by molar-refractivity contribution is 8.13. The van der Waals surface area contributed by atoms with E-state index in [4.69, 9.17) is 4.43 Å². The quantitative estimate of drug-likeness (QED) is 0.557. The Kier molecular flexibility index (Phi) is 5.74. The molecule has 1 aromatic carbocycles. The number of alkyl halides is 3. The average molecular weight is 364 g/mol. The number of hydrogen-bond donors (Lipinski definition) is 0. The normalized spacial score (nSPS) is 12.9. The van der Waals surface area contributed by atoms with Crippen molar-refractivity contribution in [3.63, 3.8) is 0 Å². The maximum atomic E-state index is 12.3. The van der Waals surface area contributed by atoms with E-state index in [2.05, 4.69) is 0 Å². The van der Waals surface area contributed by atoms with Crippen LogP contribution in [0.5, 0.6) is 0 Å². The third kappa shape index (κ3) is 5.38. The van der Waals surface area contributed by atoms with Crippen molar-refractivity contribution in [1.82, 2.24) is 0 Å². The van der Waals surface area contributed by atoms with E-state index < -0.39 is 25.6 Å². The van der Waals surface area contributed by atoms with E-state index in [1.54, 1.807) is 0 Å². The molecule has 0 saturated heterocycles. The highest BCUT2D eigenvalue weighted by Gasteiger charge is 2.41. The van der Waals surface area contributed by atoms with Crippen LogP contribution in [0.15, 0.2) is 29.2 Å². The molecule has 0 saturated carbocycles. The van der Waals surface area contributed by atoms with Crippen molar-refractivity contribution < 1.29 is 27.2 Å². The van der Waals surface area contributed by atoms with Gasteiger partial charge in [-0.25, -0.2) is 4.79 Å². The molecule has 3 nitrogen and oxygen atoms in total. The molecule has 0 N–H and O–H groups in total. The predicted octanol–water partition coefficient (Wildman–Crippen LogP) is 5.03. The molecule has 8 heteroatoms. The zero-order chi connectivity index (χ0) is 18.1. The van der Waals surface area contributed by atoms with E-state index in [0.717, 1.165) is 0 Å². The van der Waals surface area contributed by atoms with Gasteiger partial charge in [0.25, 0.3) is 13.4 Å². The number of halogens is 3. The third-order valence-corrected chi connectivity index (χ3v) is 8.88. The molecule has 0 radical (unpaired) electrons. The van der Waals surface area contributed by atoms with Gasteiger partial charge >= 0.3 is 12.1 Å². The van der Waals surface area contributed by atoms with Gasteiger partial charge in [-0.05, 0) is 48.1 Å². The van der Waals surface area contributed by atoms with Crippen molar-refractivity contribution in [2.24, 2.45) is 0 Å². The number of carbonyl (C=O) groups is 2. The Morgan fingerprint density at radius 3 is 2.17 bits per heavy atom. The molecule has 0 atom stereocenters. The summed E-state index contributed by atoms with van der Waals surface area (Å²) in [5.41, 5.74) is 0.134. The van der Waals surface area contributed by atoms with Crippen LogP contribution in [-0.4, -0.2) is 25.6 Å². The Hall–Kier alpha value is -1.28. The van der Waals surface area contributed by atoms with Crippen LogP contribution in [0.1, 0.15) is 31.1 Å². The van der Waals surface area contributed by atoms with Crippen LogP contribution in [-0.2, 0) is 9.22 Å². The summed E-state index contributed by atoms with van der Waals surface area (Å²) in [6.45, 7) is 9.72. The fraction of sp³-hybridized carbons (Fsp3) is 0.467. The van der Waals surface area contributed by atoms with Gasteiger partial charge in [0.15, 0.2) is 0 Å². The second-order valence-electron chi connectivity index (χ2n) is 6.56. The molecule has 0 heterocycles. The fourth-order valence-electron chi connectivity index (χ4n) is 1.30. The monoisotopic (exact) mass is 364 g/mol. The van der Waals surface area contributed by atoms with Gasteiger partial charge < -0.3 is 4.43 Å². The Morgan fingerprint density at radius 2 is 1.70 bits per heavy atom. The molecule has 0 bridgehead atoms. The van der Waals surface area contributed by atoms with Gasteiger partial charge in [0.2, 0.25) is 0 Å². The van der Waals surface area contributed by atoms with Gasteiger partial charge in [-0.2, -0.15) is 13.2 Å². The topological polar surface area (TPSA) is 43.4 Å². The van der Waals surface area contributed by atoms with Crippen LogP contribution in [0.25, 0.3) is 0 Å². The van der Waals surface area contributed by atoms with Crippen LogP contribution >= 0.6 is 11.8 Å². The summed E-state index contributed by atoms with van der Waals surface area (Å²) in [6, 6.07) is 5.47. The molecular weight excluding hydrogens is 345 g/mol. The summed E-state index contributed by atoms with van der Waals surface area (Å²) in [7, 11) is -2.33. The van der Waals surface area contributed by atoms with Crippen LogP contribution in [0.2, 0.25) is 18.1 Å². The molecule has 0 aliphatic carbocycles. The second kappa shape index (κ2) is 6.68. The molecule has 0 aromatic heterocycles. The van der Waals surface area contributed by atoms with E-state index in [0.29, 0.717) is 0 Å². The van der Waals surface area contributed by atoms with Crippen molar-refractivity contribution in [3.05, 3.63) is 29.8 Å². The van der Waals surface area contributed by atoms with E-state index in [1.165, 1.54) is 24.3 Å². The first kappa shape index (κ1) is 19.8. The second-order valence-corrected chi connectivity index (χ2v) is 12.3. The fourth-order valence-corrected chi connectivity index (χ4v) is 2.85. The summed E-state index contributed by atoms with van der Waals surface area (Å²) < 4.78 is 42.5. The van der Waals surface area contributed by atoms with E-state index in [1.807, 2.05) is 33.9 Å². The van der Waals surface area contributed by atoms with Gasteiger partial charge in [-0.1, -0.05) is 26.8 Å². The Bertz CT molecular complexity index is 607. The van der Waals surface area contributed by atoms with E-state index in [9.17, 15) is 22.8 Å². The zero-order valence-corrected chi connectivity index (χ0v) is 15.4. The highest BCUT2D eigenvalue weighted by atomic mass is 32.2.